The summed E-state index contributed by atoms with van der Waals surface area (Å²) in [5.41, 5.74) is -0.194. The Morgan fingerprint density at radius 1 is 1.18 bits per heavy atom. The molecule has 0 aliphatic rings. The number of nitrogens with zero attached hydrogens (tertiary/aromatic N) is 2. The zero-order valence-electron chi connectivity index (χ0n) is 8.29. The standard InChI is InChI=1S/C11H5ClF3N2/c12-10-6-16-9(5-17-10)7-2-1-3-8(4-7)11(13,14)15/h1-2,4-6H. The van der Waals surface area contributed by atoms with Gasteiger partial charge in [0, 0.05) is 5.56 Å². The van der Waals surface area contributed by atoms with Gasteiger partial charge < -0.3 is 0 Å². The number of hydrogen-bond donors (Lipinski definition) is 0. The van der Waals surface area contributed by atoms with E-state index in [9.17, 15) is 13.2 Å². The molecule has 0 bridgehead atoms. The largest absolute Gasteiger partial charge is 0.417 e. The van der Waals surface area contributed by atoms with Crippen LogP contribution in [0.3, 0.4) is 0 Å². The predicted molar refractivity (Wildman–Crippen MR) is 56.3 cm³/mol. The molecule has 0 spiro atoms. The van der Waals surface area contributed by atoms with Crippen molar-refractivity contribution < 1.29 is 13.2 Å². The van der Waals surface area contributed by atoms with E-state index in [0.717, 1.165) is 6.07 Å². The summed E-state index contributed by atoms with van der Waals surface area (Å²) >= 11 is 5.54. The van der Waals surface area contributed by atoms with E-state index in [0.29, 0.717) is 11.3 Å². The third kappa shape index (κ3) is 2.74. The topological polar surface area (TPSA) is 25.8 Å². The average molecular weight is 258 g/mol. The van der Waals surface area contributed by atoms with Gasteiger partial charge in [0.2, 0.25) is 0 Å². The van der Waals surface area contributed by atoms with E-state index < -0.39 is 11.7 Å². The molecule has 87 valence electrons. The van der Waals surface area contributed by atoms with Gasteiger partial charge in [-0.05, 0) is 12.1 Å². The molecule has 0 atom stereocenters. The third-order valence-corrected chi connectivity index (χ3v) is 2.22. The molecule has 6 heteroatoms. The first-order valence-electron chi connectivity index (χ1n) is 4.53. The highest BCUT2D eigenvalue weighted by Crippen LogP contribution is 2.31. The molecule has 1 aromatic heterocycles. The molecule has 0 unspecified atom stereocenters. The Morgan fingerprint density at radius 2 is 1.94 bits per heavy atom. The van der Waals surface area contributed by atoms with Crippen LogP contribution in [0.2, 0.25) is 5.15 Å². The van der Waals surface area contributed by atoms with Crippen LogP contribution >= 0.6 is 11.6 Å². The van der Waals surface area contributed by atoms with Gasteiger partial charge in [0.05, 0.1) is 23.7 Å². The molecule has 1 radical (unpaired) electrons. The van der Waals surface area contributed by atoms with Crippen LogP contribution in [0.5, 0.6) is 0 Å². The summed E-state index contributed by atoms with van der Waals surface area (Å²) < 4.78 is 37.4. The van der Waals surface area contributed by atoms with Crippen LogP contribution in [-0.4, -0.2) is 9.97 Å². The quantitative estimate of drug-likeness (QED) is 0.780. The lowest BCUT2D eigenvalue weighted by atomic mass is 10.1. The summed E-state index contributed by atoms with van der Waals surface area (Å²) in [6.07, 6.45) is -1.82. The monoisotopic (exact) mass is 257 g/mol. The number of benzene rings is 1. The summed E-state index contributed by atoms with van der Waals surface area (Å²) in [6.45, 7) is 0. The molecule has 0 saturated heterocycles. The van der Waals surface area contributed by atoms with Crippen molar-refractivity contribution in [1.29, 1.82) is 0 Å². The number of hydrogen-bond acceptors (Lipinski definition) is 2. The Kier molecular flexibility index (Phi) is 3.02. The lowest BCUT2D eigenvalue weighted by molar-refractivity contribution is -0.137. The minimum Gasteiger partial charge on any atom is -0.251 e. The maximum atomic E-state index is 12.5. The van der Waals surface area contributed by atoms with Crippen molar-refractivity contribution in [2.45, 2.75) is 6.18 Å². The number of rotatable bonds is 1. The normalized spacial score (nSPS) is 11.5. The van der Waals surface area contributed by atoms with Crippen LogP contribution in [0.25, 0.3) is 11.3 Å². The Bertz CT molecular complexity index is 523. The van der Waals surface area contributed by atoms with Gasteiger partial charge in [0.1, 0.15) is 5.15 Å². The minimum atomic E-state index is -4.42. The van der Waals surface area contributed by atoms with Crippen molar-refractivity contribution in [1.82, 2.24) is 9.97 Å². The fraction of sp³-hybridized carbons (Fsp3) is 0.0909. The first kappa shape index (κ1) is 11.9. The van der Waals surface area contributed by atoms with Crippen LogP contribution in [0, 0.1) is 6.07 Å². The summed E-state index contributed by atoms with van der Waals surface area (Å²) in [5.74, 6) is 0. The molecule has 0 aliphatic heterocycles. The van der Waals surface area contributed by atoms with Crippen molar-refractivity contribution in [2.75, 3.05) is 0 Å². The van der Waals surface area contributed by atoms with Gasteiger partial charge in [-0.1, -0.05) is 23.7 Å². The summed E-state index contributed by atoms with van der Waals surface area (Å²) in [7, 11) is 0. The summed E-state index contributed by atoms with van der Waals surface area (Å²) in [5, 5.41) is 0.187. The van der Waals surface area contributed by atoms with Crippen LogP contribution in [0.15, 0.2) is 30.6 Å². The Hall–Kier alpha value is -1.62. The van der Waals surface area contributed by atoms with Crippen molar-refractivity contribution in [3.8, 4) is 11.3 Å². The average Bonchev–Trinajstić information content (AvgIpc) is 2.29. The molecule has 17 heavy (non-hydrogen) atoms. The predicted octanol–water partition coefficient (Wildman–Crippen LogP) is 3.62. The van der Waals surface area contributed by atoms with Gasteiger partial charge in [-0.15, -0.1) is 0 Å². The minimum absolute atomic E-state index is 0.187. The Morgan fingerprint density at radius 3 is 2.53 bits per heavy atom. The van der Waals surface area contributed by atoms with Crippen molar-refractivity contribution in [3.05, 3.63) is 47.4 Å². The second kappa shape index (κ2) is 4.33. The lowest BCUT2D eigenvalue weighted by Crippen LogP contribution is -2.05. The second-order valence-electron chi connectivity index (χ2n) is 3.21. The van der Waals surface area contributed by atoms with E-state index >= 15 is 0 Å². The fourth-order valence-corrected chi connectivity index (χ4v) is 1.35. The van der Waals surface area contributed by atoms with Crippen LogP contribution in [-0.2, 0) is 6.18 Å². The fourth-order valence-electron chi connectivity index (χ4n) is 1.25. The molecule has 2 rings (SSSR count). The molecular formula is C11H5ClF3N2. The summed E-state index contributed by atoms with van der Waals surface area (Å²) in [6, 6.07) is 5.78. The van der Waals surface area contributed by atoms with Gasteiger partial charge in [0.25, 0.3) is 0 Å². The molecule has 2 nitrogen and oxygen atoms in total. The van der Waals surface area contributed by atoms with Gasteiger partial charge in [-0.25, -0.2) is 4.98 Å². The van der Waals surface area contributed by atoms with Crippen molar-refractivity contribution in [3.63, 3.8) is 0 Å². The Labute approximate surface area is 100 Å². The zero-order chi connectivity index (χ0) is 12.5. The smallest absolute Gasteiger partial charge is 0.251 e. The molecular weight excluding hydrogens is 253 g/mol. The van der Waals surface area contributed by atoms with Gasteiger partial charge in [-0.2, -0.15) is 13.2 Å². The van der Waals surface area contributed by atoms with Crippen molar-refractivity contribution >= 4 is 11.6 Å². The molecule has 0 amide bonds. The highest BCUT2D eigenvalue weighted by atomic mass is 35.5. The lowest BCUT2D eigenvalue weighted by Gasteiger charge is -2.07. The van der Waals surface area contributed by atoms with E-state index in [2.05, 4.69) is 16.0 Å². The molecule has 0 aliphatic carbocycles. The summed E-state index contributed by atoms with van der Waals surface area (Å²) in [4.78, 5) is 7.65. The maximum absolute atomic E-state index is 12.5. The molecule has 0 N–H and O–H groups in total. The van der Waals surface area contributed by atoms with E-state index in [-0.39, 0.29) is 5.15 Å². The highest BCUT2D eigenvalue weighted by molar-refractivity contribution is 6.29. The van der Waals surface area contributed by atoms with Crippen LogP contribution < -0.4 is 0 Å². The Balaban J connectivity index is 2.43. The molecule has 0 saturated carbocycles. The molecule has 2 aromatic rings. The first-order chi connectivity index (χ1) is 7.97. The second-order valence-corrected chi connectivity index (χ2v) is 3.60. The number of halogens is 4. The molecule has 1 aromatic carbocycles. The van der Waals surface area contributed by atoms with E-state index in [4.69, 9.17) is 11.6 Å². The van der Waals surface area contributed by atoms with Gasteiger partial charge >= 0.3 is 6.18 Å². The molecule has 0 fully saturated rings. The van der Waals surface area contributed by atoms with Crippen LogP contribution in [0.4, 0.5) is 13.2 Å². The molecule has 1 heterocycles. The highest BCUT2D eigenvalue weighted by Gasteiger charge is 2.30. The van der Waals surface area contributed by atoms with Gasteiger partial charge in [-0.3, -0.25) is 4.98 Å². The zero-order valence-corrected chi connectivity index (χ0v) is 9.05. The van der Waals surface area contributed by atoms with Crippen LogP contribution in [0.1, 0.15) is 5.56 Å². The maximum Gasteiger partial charge on any atom is 0.417 e. The van der Waals surface area contributed by atoms with E-state index in [1.165, 1.54) is 24.5 Å². The van der Waals surface area contributed by atoms with E-state index in [1.807, 2.05) is 0 Å². The van der Waals surface area contributed by atoms with E-state index in [1.54, 1.807) is 0 Å². The third-order valence-electron chi connectivity index (χ3n) is 2.02. The van der Waals surface area contributed by atoms with Gasteiger partial charge in [0.15, 0.2) is 0 Å². The number of aromatic nitrogens is 2. The van der Waals surface area contributed by atoms with Crippen molar-refractivity contribution in [2.24, 2.45) is 0 Å². The first-order valence-corrected chi connectivity index (χ1v) is 4.91. The number of alkyl halides is 3. The SMILES string of the molecule is FC(F)(F)c1[c]ccc(-c2cnc(Cl)cn2)c1.